The molecule has 4 heteroatoms. The standard InChI is InChI=1S/C13H22N2O2/c14-6-12(16)4-10-2-8-1-9(10)3-11(8)5-13(17)7-15/h8-11H,1-7,14-15H2. The van der Waals surface area contributed by atoms with Crippen LogP contribution in [0, 0.1) is 23.7 Å². The van der Waals surface area contributed by atoms with Crippen molar-refractivity contribution in [1.82, 2.24) is 0 Å². The summed E-state index contributed by atoms with van der Waals surface area (Å²) in [6, 6.07) is 0. The van der Waals surface area contributed by atoms with E-state index in [0.29, 0.717) is 36.5 Å². The van der Waals surface area contributed by atoms with Gasteiger partial charge in [-0.2, -0.15) is 0 Å². The van der Waals surface area contributed by atoms with Crippen LogP contribution in [-0.2, 0) is 9.59 Å². The van der Waals surface area contributed by atoms with Crippen molar-refractivity contribution in [3.63, 3.8) is 0 Å². The highest BCUT2D eigenvalue weighted by Gasteiger charge is 2.46. The van der Waals surface area contributed by atoms with E-state index in [1.807, 2.05) is 0 Å². The van der Waals surface area contributed by atoms with Gasteiger partial charge in [-0.25, -0.2) is 0 Å². The van der Waals surface area contributed by atoms with Crippen molar-refractivity contribution in [3.05, 3.63) is 0 Å². The maximum atomic E-state index is 11.4. The van der Waals surface area contributed by atoms with Crippen LogP contribution in [0.15, 0.2) is 0 Å². The molecule has 2 saturated carbocycles. The van der Waals surface area contributed by atoms with Gasteiger partial charge in [-0.05, 0) is 42.9 Å². The van der Waals surface area contributed by atoms with Gasteiger partial charge in [0.2, 0.25) is 0 Å². The Morgan fingerprint density at radius 1 is 0.824 bits per heavy atom. The van der Waals surface area contributed by atoms with E-state index >= 15 is 0 Å². The van der Waals surface area contributed by atoms with E-state index < -0.39 is 0 Å². The zero-order valence-corrected chi connectivity index (χ0v) is 10.2. The van der Waals surface area contributed by atoms with Gasteiger partial charge in [0.1, 0.15) is 11.6 Å². The van der Waals surface area contributed by atoms with Gasteiger partial charge < -0.3 is 11.5 Å². The minimum atomic E-state index is 0.170. The molecule has 4 unspecified atom stereocenters. The van der Waals surface area contributed by atoms with E-state index in [0.717, 1.165) is 12.8 Å². The number of rotatable bonds is 6. The SMILES string of the molecule is NCC(=O)CC1CC2CC1CC2CC(=O)CN. The van der Waals surface area contributed by atoms with E-state index in [4.69, 9.17) is 11.5 Å². The second-order valence-electron chi connectivity index (χ2n) is 5.64. The second kappa shape index (κ2) is 5.27. The van der Waals surface area contributed by atoms with E-state index in [1.165, 1.54) is 6.42 Å². The predicted octanol–water partition coefficient (Wildman–Crippen LogP) is 0.484. The van der Waals surface area contributed by atoms with Gasteiger partial charge in [0.15, 0.2) is 0 Å². The molecule has 4 atom stereocenters. The lowest BCUT2D eigenvalue weighted by atomic mass is 9.78. The van der Waals surface area contributed by atoms with Crippen LogP contribution in [0.25, 0.3) is 0 Å². The lowest BCUT2D eigenvalue weighted by Crippen LogP contribution is -2.26. The zero-order valence-electron chi connectivity index (χ0n) is 10.2. The molecule has 2 fully saturated rings. The zero-order chi connectivity index (χ0) is 12.4. The summed E-state index contributed by atoms with van der Waals surface area (Å²) in [6.07, 6.45) is 4.72. The molecular weight excluding hydrogens is 216 g/mol. The van der Waals surface area contributed by atoms with Crippen LogP contribution in [0.2, 0.25) is 0 Å². The monoisotopic (exact) mass is 238 g/mol. The number of Topliss-reactive ketones (excluding diaryl/α,β-unsaturated/α-hetero) is 2. The first kappa shape index (κ1) is 12.7. The number of nitrogens with two attached hydrogens (primary N) is 2. The molecule has 0 spiro atoms. The molecule has 4 nitrogen and oxygen atoms in total. The molecule has 4 N–H and O–H groups in total. The molecule has 96 valence electrons. The first-order valence-corrected chi connectivity index (χ1v) is 6.57. The number of carbonyl (C=O) groups excluding carboxylic acids is 2. The second-order valence-corrected chi connectivity index (χ2v) is 5.64. The van der Waals surface area contributed by atoms with Crippen molar-refractivity contribution in [1.29, 1.82) is 0 Å². The smallest absolute Gasteiger partial charge is 0.146 e. The number of hydrogen-bond donors (Lipinski definition) is 2. The topological polar surface area (TPSA) is 86.2 Å². The van der Waals surface area contributed by atoms with Crippen molar-refractivity contribution >= 4 is 11.6 Å². The maximum absolute atomic E-state index is 11.4. The van der Waals surface area contributed by atoms with Gasteiger partial charge >= 0.3 is 0 Å². The predicted molar refractivity (Wildman–Crippen MR) is 65.2 cm³/mol. The molecule has 2 rings (SSSR count). The Morgan fingerprint density at radius 3 is 1.53 bits per heavy atom. The van der Waals surface area contributed by atoms with Crippen LogP contribution in [0.5, 0.6) is 0 Å². The van der Waals surface area contributed by atoms with Crippen LogP contribution in [0.3, 0.4) is 0 Å². The van der Waals surface area contributed by atoms with Gasteiger partial charge in [-0.1, -0.05) is 0 Å². The van der Waals surface area contributed by atoms with Gasteiger partial charge in [-0.3, -0.25) is 9.59 Å². The van der Waals surface area contributed by atoms with Gasteiger partial charge in [-0.15, -0.1) is 0 Å². The molecule has 2 aliphatic rings. The summed E-state index contributed by atoms with van der Waals surface area (Å²) in [7, 11) is 0. The summed E-state index contributed by atoms with van der Waals surface area (Å²) in [5.74, 6) is 2.70. The average Bonchev–Trinajstić information content (AvgIpc) is 2.88. The third-order valence-electron chi connectivity index (χ3n) is 4.58. The quantitative estimate of drug-likeness (QED) is 0.705. The molecule has 0 aromatic heterocycles. The molecule has 0 radical (unpaired) electrons. The number of ketones is 2. The largest absolute Gasteiger partial charge is 0.324 e. The highest BCUT2D eigenvalue weighted by molar-refractivity contribution is 5.81. The van der Waals surface area contributed by atoms with Crippen LogP contribution in [-0.4, -0.2) is 24.7 Å². The van der Waals surface area contributed by atoms with E-state index in [2.05, 4.69) is 0 Å². The Labute approximate surface area is 102 Å². The highest BCUT2D eigenvalue weighted by atomic mass is 16.1. The Balaban J connectivity index is 1.83. The van der Waals surface area contributed by atoms with Crippen molar-refractivity contribution < 1.29 is 9.59 Å². The lowest BCUT2D eigenvalue weighted by molar-refractivity contribution is -0.120. The molecule has 2 bridgehead atoms. The van der Waals surface area contributed by atoms with E-state index in [-0.39, 0.29) is 24.7 Å². The van der Waals surface area contributed by atoms with Gasteiger partial charge in [0.05, 0.1) is 13.1 Å². The Morgan fingerprint density at radius 2 is 1.24 bits per heavy atom. The minimum Gasteiger partial charge on any atom is -0.324 e. The third-order valence-corrected chi connectivity index (χ3v) is 4.58. The van der Waals surface area contributed by atoms with Crippen molar-refractivity contribution in [2.75, 3.05) is 13.1 Å². The van der Waals surface area contributed by atoms with Crippen molar-refractivity contribution in [2.24, 2.45) is 35.1 Å². The fourth-order valence-corrected chi connectivity index (χ4v) is 3.77. The minimum absolute atomic E-state index is 0.170. The van der Waals surface area contributed by atoms with E-state index in [1.54, 1.807) is 0 Å². The molecule has 0 aliphatic heterocycles. The summed E-state index contributed by atoms with van der Waals surface area (Å²) in [5.41, 5.74) is 10.7. The molecule has 0 heterocycles. The van der Waals surface area contributed by atoms with Crippen LogP contribution >= 0.6 is 0 Å². The summed E-state index contributed by atoms with van der Waals surface area (Å²) < 4.78 is 0. The number of carbonyl (C=O) groups is 2. The van der Waals surface area contributed by atoms with Gasteiger partial charge in [0, 0.05) is 12.8 Å². The Bertz CT molecular complexity index is 287. The highest BCUT2D eigenvalue weighted by Crippen LogP contribution is 2.53. The summed E-state index contributed by atoms with van der Waals surface area (Å²) in [5, 5.41) is 0. The van der Waals surface area contributed by atoms with Gasteiger partial charge in [0.25, 0.3) is 0 Å². The van der Waals surface area contributed by atoms with Crippen LogP contribution in [0.1, 0.15) is 32.1 Å². The first-order chi connectivity index (χ1) is 8.13. The normalized spacial score (nSPS) is 35.2. The van der Waals surface area contributed by atoms with Crippen LogP contribution in [0.4, 0.5) is 0 Å². The summed E-state index contributed by atoms with van der Waals surface area (Å²) in [4.78, 5) is 22.7. The molecular formula is C13H22N2O2. The third kappa shape index (κ3) is 2.75. The molecule has 2 aliphatic carbocycles. The molecule has 0 aromatic carbocycles. The molecule has 0 aromatic rings. The fraction of sp³-hybridized carbons (Fsp3) is 0.846. The summed E-state index contributed by atoms with van der Waals surface area (Å²) >= 11 is 0. The van der Waals surface area contributed by atoms with Crippen molar-refractivity contribution in [2.45, 2.75) is 32.1 Å². The number of fused-ring (bicyclic) bond motifs is 2. The van der Waals surface area contributed by atoms with E-state index in [9.17, 15) is 9.59 Å². The average molecular weight is 238 g/mol. The fourth-order valence-electron chi connectivity index (χ4n) is 3.77. The molecule has 0 saturated heterocycles. The maximum Gasteiger partial charge on any atom is 0.146 e. The number of hydrogen-bond acceptors (Lipinski definition) is 4. The molecule has 0 amide bonds. The van der Waals surface area contributed by atoms with Crippen LogP contribution < -0.4 is 11.5 Å². The Kier molecular flexibility index (Phi) is 3.94. The lowest BCUT2D eigenvalue weighted by Gasteiger charge is -2.27. The molecule has 17 heavy (non-hydrogen) atoms. The van der Waals surface area contributed by atoms with Crippen molar-refractivity contribution in [3.8, 4) is 0 Å². The first-order valence-electron chi connectivity index (χ1n) is 6.57. The Hall–Kier alpha value is -0.740. The summed E-state index contributed by atoms with van der Waals surface area (Å²) in [6.45, 7) is 0.339.